The predicted molar refractivity (Wildman–Crippen MR) is 104 cm³/mol. The zero-order valence-corrected chi connectivity index (χ0v) is 16.2. The summed E-state index contributed by atoms with van der Waals surface area (Å²) in [5, 5.41) is 5.37. The van der Waals surface area contributed by atoms with Crippen molar-refractivity contribution in [1.82, 2.24) is 5.32 Å². The van der Waals surface area contributed by atoms with E-state index < -0.39 is 21.9 Å². The van der Waals surface area contributed by atoms with Crippen molar-refractivity contribution in [3.05, 3.63) is 59.2 Å². The lowest BCUT2D eigenvalue weighted by molar-refractivity contribution is -0.114. The van der Waals surface area contributed by atoms with Crippen molar-refractivity contribution in [2.24, 2.45) is 4.40 Å². The normalized spacial score (nSPS) is 14.3. The van der Waals surface area contributed by atoms with Gasteiger partial charge in [0.1, 0.15) is 4.90 Å². The third kappa shape index (κ3) is 4.04. The van der Waals surface area contributed by atoms with Crippen molar-refractivity contribution < 1.29 is 22.7 Å². The number of hydrogen-bond donors (Lipinski definition) is 2. The van der Waals surface area contributed by atoms with Gasteiger partial charge in [-0.3, -0.25) is 4.79 Å². The summed E-state index contributed by atoms with van der Waals surface area (Å²) in [4.78, 5) is 24.2. The monoisotopic (exact) mass is 401 g/mol. The number of nitrogens with one attached hydrogen (secondary N) is 2. The number of hydrogen-bond acceptors (Lipinski definition) is 6. The second-order valence-corrected chi connectivity index (χ2v) is 7.77. The molecular weight excluding hydrogens is 382 g/mol. The lowest BCUT2D eigenvalue weighted by atomic mass is 10.0. The van der Waals surface area contributed by atoms with Gasteiger partial charge in [0.25, 0.3) is 15.9 Å². The molecule has 0 saturated heterocycles. The Bertz CT molecular complexity index is 1080. The largest absolute Gasteiger partial charge is 0.465 e. The van der Waals surface area contributed by atoms with Crippen LogP contribution in [0.25, 0.3) is 0 Å². The van der Waals surface area contributed by atoms with Crippen LogP contribution in [-0.4, -0.2) is 39.8 Å². The molecule has 0 aliphatic carbocycles. The summed E-state index contributed by atoms with van der Waals surface area (Å²) in [6.07, 6.45) is 0.368. The third-order valence-corrected chi connectivity index (χ3v) is 5.51. The van der Waals surface area contributed by atoms with Crippen LogP contribution >= 0.6 is 0 Å². The standard InChI is InChI=1S/C19H19N3O5S/c1-12-7-8-15-16(11-12)28(25,26)22-17(21-15)18(23)20-10-9-13-5-3-4-6-14(13)19(24)27-2/h3-8,11H,9-10H2,1-2H3,(H,20,23)(H,21,22). The second-order valence-electron chi connectivity index (χ2n) is 6.19. The molecule has 3 rings (SSSR count). The van der Waals surface area contributed by atoms with Gasteiger partial charge in [0, 0.05) is 6.54 Å². The Balaban J connectivity index is 1.70. The zero-order chi connectivity index (χ0) is 20.3. The van der Waals surface area contributed by atoms with Gasteiger partial charge in [0.15, 0.2) is 0 Å². The molecular formula is C19H19N3O5S. The van der Waals surface area contributed by atoms with Crippen LogP contribution in [-0.2, 0) is 26.0 Å². The highest BCUT2D eigenvalue weighted by molar-refractivity contribution is 7.90. The van der Waals surface area contributed by atoms with E-state index in [1.165, 1.54) is 13.2 Å². The molecule has 0 radical (unpaired) electrons. The summed E-state index contributed by atoms with van der Waals surface area (Å²) < 4.78 is 33.0. The van der Waals surface area contributed by atoms with E-state index in [4.69, 9.17) is 4.74 Å². The predicted octanol–water partition coefficient (Wildman–Crippen LogP) is 1.65. The van der Waals surface area contributed by atoms with Crippen LogP contribution in [0.15, 0.2) is 51.8 Å². The summed E-state index contributed by atoms with van der Waals surface area (Å²) >= 11 is 0. The number of amidine groups is 1. The molecule has 0 atom stereocenters. The van der Waals surface area contributed by atoms with Crippen LogP contribution in [0.5, 0.6) is 0 Å². The molecule has 146 valence electrons. The van der Waals surface area contributed by atoms with E-state index in [9.17, 15) is 18.0 Å². The lowest BCUT2D eigenvalue weighted by Crippen LogP contribution is -2.39. The Kier molecular flexibility index (Phi) is 5.46. The molecule has 1 amide bonds. The molecule has 0 aromatic heterocycles. The number of ether oxygens (including phenoxy) is 1. The summed E-state index contributed by atoms with van der Waals surface area (Å²) in [6.45, 7) is 1.96. The van der Waals surface area contributed by atoms with Gasteiger partial charge >= 0.3 is 5.97 Å². The molecule has 28 heavy (non-hydrogen) atoms. The first-order valence-corrected chi connectivity index (χ1v) is 9.93. The third-order valence-electron chi connectivity index (χ3n) is 4.20. The highest BCUT2D eigenvalue weighted by Gasteiger charge is 2.28. The minimum Gasteiger partial charge on any atom is -0.465 e. The molecule has 0 fully saturated rings. The Morgan fingerprint density at radius 1 is 1.18 bits per heavy atom. The molecule has 1 heterocycles. The average molecular weight is 401 g/mol. The minimum atomic E-state index is -3.95. The van der Waals surface area contributed by atoms with Crippen molar-refractivity contribution in [3.8, 4) is 0 Å². The number of carbonyl (C=O) groups excluding carboxylic acids is 2. The van der Waals surface area contributed by atoms with E-state index in [1.807, 2.05) is 0 Å². The summed E-state index contributed by atoms with van der Waals surface area (Å²) in [5.74, 6) is -1.40. The van der Waals surface area contributed by atoms with Gasteiger partial charge in [-0.05, 0) is 42.7 Å². The molecule has 1 aliphatic heterocycles. The smallest absolute Gasteiger partial charge is 0.338 e. The molecule has 2 aromatic rings. The van der Waals surface area contributed by atoms with Crippen LogP contribution in [0.1, 0.15) is 21.5 Å². The van der Waals surface area contributed by atoms with Gasteiger partial charge in [-0.1, -0.05) is 24.3 Å². The maximum atomic E-state index is 12.4. The summed E-state index contributed by atoms with van der Waals surface area (Å²) in [7, 11) is -2.65. The SMILES string of the molecule is COC(=O)c1ccccc1CCNC(=O)C1=NS(=O)(=O)c2cc(C)ccc2N1. The van der Waals surface area contributed by atoms with Crippen LogP contribution < -0.4 is 10.6 Å². The second kappa shape index (κ2) is 7.81. The number of carbonyl (C=O) groups is 2. The molecule has 0 saturated carbocycles. The van der Waals surface area contributed by atoms with Gasteiger partial charge in [-0.15, -0.1) is 4.40 Å². The first-order valence-electron chi connectivity index (χ1n) is 8.49. The number of rotatable bonds is 5. The van der Waals surface area contributed by atoms with Crippen molar-refractivity contribution in [1.29, 1.82) is 0 Å². The number of anilines is 1. The van der Waals surface area contributed by atoms with E-state index in [1.54, 1.807) is 43.3 Å². The van der Waals surface area contributed by atoms with E-state index in [0.717, 1.165) is 5.56 Å². The van der Waals surface area contributed by atoms with E-state index >= 15 is 0 Å². The highest BCUT2D eigenvalue weighted by atomic mass is 32.2. The number of amides is 1. The van der Waals surface area contributed by atoms with Crippen LogP contribution in [0.3, 0.4) is 0 Å². The van der Waals surface area contributed by atoms with Crippen molar-refractivity contribution >= 4 is 33.4 Å². The number of aryl methyl sites for hydroxylation is 1. The van der Waals surface area contributed by atoms with E-state index in [0.29, 0.717) is 23.2 Å². The summed E-state index contributed by atoms with van der Waals surface area (Å²) in [5.41, 5.74) is 2.21. The van der Waals surface area contributed by atoms with Crippen molar-refractivity contribution in [2.75, 3.05) is 19.0 Å². The Morgan fingerprint density at radius 3 is 2.68 bits per heavy atom. The number of benzene rings is 2. The Hall–Kier alpha value is -3.20. The lowest BCUT2D eigenvalue weighted by Gasteiger charge is -2.18. The maximum Gasteiger partial charge on any atom is 0.338 e. The summed E-state index contributed by atoms with van der Waals surface area (Å²) in [6, 6.07) is 11.7. The topological polar surface area (TPSA) is 114 Å². The zero-order valence-electron chi connectivity index (χ0n) is 15.4. The molecule has 1 aliphatic rings. The fourth-order valence-electron chi connectivity index (χ4n) is 2.81. The van der Waals surface area contributed by atoms with Crippen molar-refractivity contribution in [2.45, 2.75) is 18.2 Å². The van der Waals surface area contributed by atoms with Gasteiger partial charge in [-0.2, -0.15) is 8.42 Å². The number of sulfonamides is 1. The number of methoxy groups -OCH3 is 1. The number of esters is 1. The van der Waals surface area contributed by atoms with Gasteiger partial charge in [0.05, 0.1) is 18.4 Å². The quantitative estimate of drug-likeness (QED) is 0.737. The molecule has 0 unspecified atom stereocenters. The highest BCUT2D eigenvalue weighted by Crippen LogP contribution is 2.28. The molecule has 0 spiro atoms. The molecule has 2 aromatic carbocycles. The van der Waals surface area contributed by atoms with Gasteiger partial charge in [0.2, 0.25) is 5.84 Å². The average Bonchev–Trinajstić information content (AvgIpc) is 2.67. The Labute approximate surface area is 162 Å². The number of nitrogens with zero attached hydrogens (tertiary/aromatic N) is 1. The van der Waals surface area contributed by atoms with Crippen LogP contribution in [0.2, 0.25) is 0 Å². The molecule has 0 bridgehead atoms. The molecule has 8 nitrogen and oxygen atoms in total. The molecule has 2 N–H and O–H groups in total. The first-order chi connectivity index (χ1) is 13.3. The fourth-order valence-corrected chi connectivity index (χ4v) is 4.01. The van der Waals surface area contributed by atoms with E-state index in [2.05, 4.69) is 15.0 Å². The van der Waals surface area contributed by atoms with E-state index in [-0.39, 0.29) is 17.3 Å². The van der Waals surface area contributed by atoms with Crippen molar-refractivity contribution in [3.63, 3.8) is 0 Å². The van der Waals surface area contributed by atoms with Crippen LogP contribution in [0, 0.1) is 6.92 Å². The van der Waals surface area contributed by atoms with Crippen LogP contribution in [0.4, 0.5) is 5.69 Å². The minimum absolute atomic E-state index is 0.0380. The number of fused-ring (bicyclic) bond motifs is 1. The first kappa shape index (κ1) is 19.6. The Morgan fingerprint density at radius 2 is 1.93 bits per heavy atom. The maximum absolute atomic E-state index is 12.4. The fraction of sp³-hybridized carbons (Fsp3) is 0.211. The van der Waals surface area contributed by atoms with Gasteiger partial charge < -0.3 is 15.4 Å². The van der Waals surface area contributed by atoms with Gasteiger partial charge in [-0.25, -0.2) is 4.79 Å². The molecule has 9 heteroatoms.